The Balaban J connectivity index is 2.21. The molecule has 0 radical (unpaired) electrons. The van der Waals surface area contributed by atoms with E-state index >= 15 is 0 Å². The summed E-state index contributed by atoms with van der Waals surface area (Å²) in [5.74, 6) is 0.0615. The van der Waals surface area contributed by atoms with Crippen molar-refractivity contribution in [3.05, 3.63) is 24.5 Å². The molecule has 1 saturated heterocycles. The number of hydrogen-bond donors (Lipinski definition) is 1. The van der Waals surface area contributed by atoms with Gasteiger partial charge in [0.25, 0.3) is 0 Å². The lowest BCUT2D eigenvalue weighted by molar-refractivity contribution is 0.233. The Kier molecular flexibility index (Phi) is 3.22. The van der Waals surface area contributed by atoms with Gasteiger partial charge in [0.2, 0.25) is 10.0 Å². The standard InChI is InChI=1S/C10H14N2O3S/c13-8-9-3-5-12(7-9)16(14,15)10-2-1-4-11-6-10/h1-2,4,6,9,13H,3,5,7-8H2. The Morgan fingerprint density at radius 3 is 2.94 bits per heavy atom. The van der Waals surface area contributed by atoms with E-state index in [1.807, 2.05) is 0 Å². The predicted molar refractivity (Wildman–Crippen MR) is 58.2 cm³/mol. The van der Waals surface area contributed by atoms with Gasteiger partial charge in [-0.15, -0.1) is 0 Å². The molecular formula is C10H14N2O3S. The van der Waals surface area contributed by atoms with Crippen molar-refractivity contribution in [2.75, 3.05) is 19.7 Å². The molecule has 16 heavy (non-hydrogen) atoms. The minimum absolute atomic E-state index is 0.0407. The van der Waals surface area contributed by atoms with Crippen LogP contribution in [0.15, 0.2) is 29.4 Å². The van der Waals surface area contributed by atoms with E-state index in [-0.39, 0.29) is 17.4 Å². The fourth-order valence-electron chi connectivity index (χ4n) is 1.81. The maximum Gasteiger partial charge on any atom is 0.244 e. The number of pyridine rings is 1. The van der Waals surface area contributed by atoms with Crippen LogP contribution < -0.4 is 0 Å². The fraction of sp³-hybridized carbons (Fsp3) is 0.500. The van der Waals surface area contributed by atoms with E-state index in [9.17, 15) is 8.42 Å². The molecule has 5 nitrogen and oxygen atoms in total. The van der Waals surface area contributed by atoms with Crippen LogP contribution in [0.1, 0.15) is 6.42 Å². The first-order valence-electron chi connectivity index (χ1n) is 5.15. The van der Waals surface area contributed by atoms with Crippen LogP contribution in [0.4, 0.5) is 0 Å². The van der Waals surface area contributed by atoms with Gasteiger partial charge in [-0.2, -0.15) is 4.31 Å². The van der Waals surface area contributed by atoms with Gasteiger partial charge in [0, 0.05) is 32.1 Å². The molecule has 1 atom stereocenters. The number of aromatic nitrogens is 1. The topological polar surface area (TPSA) is 70.5 Å². The van der Waals surface area contributed by atoms with Crippen LogP contribution in [0.3, 0.4) is 0 Å². The molecule has 0 aromatic carbocycles. The van der Waals surface area contributed by atoms with Crippen molar-refractivity contribution in [3.63, 3.8) is 0 Å². The molecule has 1 aromatic heterocycles. The number of sulfonamides is 1. The Labute approximate surface area is 94.8 Å². The fourth-order valence-corrected chi connectivity index (χ4v) is 3.31. The van der Waals surface area contributed by atoms with Crippen molar-refractivity contribution < 1.29 is 13.5 Å². The average Bonchev–Trinajstić information content (AvgIpc) is 2.79. The van der Waals surface area contributed by atoms with Crippen LogP contribution in [0.25, 0.3) is 0 Å². The summed E-state index contributed by atoms with van der Waals surface area (Å²) in [5.41, 5.74) is 0. The molecular weight excluding hydrogens is 228 g/mol. The molecule has 1 aliphatic heterocycles. The third-order valence-corrected chi connectivity index (χ3v) is 4.63. The van der Waals surface area contributed by atoms with E-state index in [0.717, 1.165) is 6.42 Å². The first-order valence-corrected chi connectivity index (χ1v) is 6.59. The third kappa shape index (κ3) is 2.09. The molecule has 1 aromatic rings. The zero-order valence-corrected chi connectivity index (χ0v) is 9.60. The number of aliphatic hydroxyl groups is 1. The third-order valence-electron chi connectivity index (χ3n) is 2.78. The first-order chi connectivity index (χ1) is 7.64. The Morgan fingerprint density at radius 2 is 2.38 bits per heavy atom. The van der Waals surface area contributed by atoms with E-state index in [2.05, 4.69) is 4.98 Å². The second-order valence-electron chi connectivity index (χ2n) is 3.89. The molecule has 1 N–H and O–H groups in total. The smallest absolute Gasteiger partial charge is 0.244 e. The lowest BCUT2D eigenvalue weighted by atomic mass is 10.1. The van der Waals surface area contributed by atoms with Gasteiger partial charge in [0.1, 0.15) is 4.90 Å². The van der Waals surface area contributed by atoms with Crippen LogP contribution in [0.5, 0.6) is 0 Å². The van der Waals surface area contributed by atoms with Gasteiger partial charge in [0.05, 0.1) is 0 Å². The summed E-state index contributed by atoms with van der Waals surface area (Å²) in [6.45, 7) is 0.912. The second kappa shape index (κ2) is 4.48. The lowest BCUT2D eigenvalue weighted by Gasteiger charge is -2.15. The van der Waals surface area contributed by atoms with Crippen molar-refractivity contribution in [1.29, 1.82) is 0 Å². The van der Waals surface area contributed by atoms with Crippen molar-refractivity contribution in [3.8, 4) is 0 Å². The molecule has 1 aliphatic rings. The highest BCUT2D eigenvalue weighted by molar-refractivity contribution is 7.89. The van der Waals surface area contributed by atoms with Gasteiger partial charge in [-0.25, -0.2) is 8.42 Å². The van der Waals surface area contributed by atoms with E-state index in [4.69, 9.17) is 5.11 Å². The molecule has 1 fully saturated rings. The van der Waals surface area contributed by atoms with Crippen molar-refractivity contribution in [1.82, 2.24) is 9.29 Å². The van der Waals surface area contributed by atoms with E-state index in [0.29, 0.717) is 13.1 Å². The van der Waals surface area contributed by atoms with E-state index in [1.165, 1.54) is 16.6 Å². The summed E-state index contributed by atoms with van der Waals surface area (Å²) < 4.78 is 25.6. The summed E-state index contributed by atoms with van der Waals surface area (Å²) >= 11 is 0. The molecule has 1 unspecified atom stereocenters. The quantitative estimate of drug-likeness (QED) is 0.815. The molecule has 0 spiro atoms. The van der Waals surface area contributed by atoms with E-state index < -0.39 is 10.0 Å². The maximum absolute atomic E-state index is 12.1. The molecule has 0 bridgehead atoms. The van der Waals surface area contributed by atoms with E-state index in [1.54, 1.807) is 12.3 Å². The number of rotatable bonds is 3. The average molecular weight is 242 g/mol. The second-order valence-corrected chi connectivity index (χ2v) is 5.83. The predicted octanol–water partition coefficient (Wildman–Crippen LogP) is 0.0845. The van der Waals surface area contributed by atoms with Crippen LogP contribution in [0, 0.1) is 5.92 Å². The van der Waals surface area contributed by atoms with Crippen LogP contribution in [-0.4, -0.2) is 42.5 Å². The molecule has 0 aliphatic carbocycles. The number of aliphatic hydroxyl groups excluding tert-OH is 1. The molecule has 2 rings (SSSR count). The minimum atomic E-state index is -3.42. The minimum Gasteiger partial charge on any atom is -0.396 e. The summed E-state index contributed by atoms with van der Waals surface area (Å²) in [6.07, 6.45) is 3.61. The number of hydrogen-bond acceptors (Lipinski definition) is 4. The van der Waals surface area contributed by atoms with Crippen molar-refractivity contribution in [2.45, 2.75) is 11.3 Å². The Hall–Kier alpha value is -0.980. The summed E-state index contributed by atoms with van der Waals surface area (Å²) in [5, 5.41) is 8.99. The highest BCUT2D eigenvalue weighted by Crippen LogP contribution is 2.23. The largest absolute Gasteiger partial charge is 0.396 e. The molecule has 0 saturated carbocycles. The summed E-state index contributed by atoms with van der Waals surface area (Å²) in [7, 11) is -3.42. The Bertz CT molecular complexity index is 446. The van der Waals surface area contributed by atoms with Crippen LogP contribution in [-0.2, 0) is 10.0 Å². The van der Waals surface area contributed by atoms with Gasteiger partial charge >= 0.3 is 0 Å². The normalized spacial score (nSPS) is 22.4. The van der Waals surface area contributed by atoms with Crippen molar-refractivity contribution in [2.24, 2.45) is 5.92 Å². The van der Waals surface area contributed by atoms with Gasteiger partial charge < -0.3 is 5.11 Å². The number of nitrogens with zero attached hydrogens (tertiary/aromatic N) is 2. The summed E-state index contributed by atoms with van der Waals surface area (Å²) in [6, 6.07) is 3.14. The van der Waals surface area contributed by atoms with Crippen molar-refractivity contribution >= 4 is 10.0 Å². The van der Waals surface area contributed by atoms with Gasteiger partial charge in [-0.1, -0.05) is 0 Å². The lowest BCUT2D eigenvalue weighted by Crippen LogP contribution is -2.29. The maximum atomic E-state index is 12.1. The summed E-state index contributed by atoms with van der Waals surface area (Å²) in [4.78, 5) is 4.02. The first kappa shape index (κ1) is 11.5. The molecule has 6 heteroatoms. The highest BCUT2D eigenvalue weighted by Gasteiger charge is 2.32. The highest BCUT2D eigenvalue weighted by atomic mass is 32.2. The zero-order chi connectivity index (χ0) is 11.6. The molecule has 88 valence electrons. The van der Waals surface area contributed by atoms with Crippen LogP contribution in [0.2, 0.25) is 0 Å². The van der Waals surface area contributed by atoms with Gasteiger partial charge in [-0.05, 0) is 24.5 Å². The molecule has 2 heterocycles. The van der Waals surface area contributed by atoms with Crippen LogP contribution >= 0.6 is 0 Å². The van der Waals surface area contributed by atoms with Gasteiger partial charge in [-0.3, -0.25) is 4.98 Å². The zero-order valence-electron chi connectivity index (χ0n) is 8.78. The van der Waals surface area contributed by atoms with Gasteiger partial charge in [0.15, 0.2) is 0 Å². The monoisotopic (exact) mass is 242 g/mol. The SMILES string of the molecule is O=S(=O)(c1cccnc1)N1CCC(CO)C1. The Morgan fingerprint density at radius 1 is 1.56 bits per heavy atom. The molecule has 0 amide bonds.